The number of nitrogens with one attached hydrogen (secondary N) is 2. The van der Waals surface area contributed by atoms with Gasteiger partial charge in [-0.15, -0.1) is 0 Å². The molecule has 2 rings (SSSR count). The maximum absolute atomic E-state index is 13.7. The van der Waals surface area contributed by atoms with Crippen molar-refractivity contribution >= 4 is 23.0 Å². The Kier molecular flexibility index (Phi) is 5.53. The van der Waals surface area contributed by atoms with Gasteiger partial charge in [0.2, 0.25) is 5.91 Å². The van der Waals surface area contributed by atoms with Crippen LogP contribution in [0.3, 0.4) is 0 Å². The van der Waals surface area contributed by atoms with E-state index in [9.17, 15) is 19.3 Å². The van der Waals surface area contributed by atoms with E-state index in [1.165, 1.54) is 25.3 Å². The number of ether oxygens (including phenoxy) is 1. The lowest BCUT2D eigenvalue weighted by molar-refractivity contribution is -0.385. The van der Waals surface area contributed by atoms with Crippen molar-refractivity contribution in [2.45, 2.75) is 13.8 Å². The number of halogens is 1. The Morgan fingerprint density at radius 2 is 1.96 bits per heavy atom. The van der Waals surface area contributed by atoms with Crippen molar-refractivity contribution in [3.8, 4) is 5.75 Å². The van der Waals surface area contributed by atoms with Crippen LogP contribution in [0.1, 0.15) is 11.1 Å². The van der Waals surface area contributed by atoms with Gasteiger partial charge in [0.15, 0.2) is 5.75 Å². The van der Waals surface area contributed by atoms with Gasteiger partial charge < -0.3 is 15.4 Å². The Bertz CT molecular complexity index is 824. The van der Waals surface area contributed by atoms with Crippen LogP contribution in [-0.4, -0.2) is 24.5 Å². The van der Waals surface area contributed by atoms with Crippen molar-refractivity contribution in [3.05, 3.63) is 57.4 Å². The summed E-state index contributed by atoms with van der Waals surface area (Å²) in [4.78, 5) is 22.5. The fraction of sp³-hybridized carbons (Fsp3) is 0.235. The van der Waals surface area contributed by atoms with Gasteiger partial charge in [0.1, 0.15) is 5.82 Å². The van der Waals surface area contributed by atoms with E-state index in [1.807, 2.05) is 0 Å². The van der Waals surface area contributed by atoms with E-state index in [0.29, 0.717) is 11.3 Å². The molecular weight excluding hydrogens is 329 g/mol. The molecule has 0 atom stereocenters. The fourth-order valence-electron chi connectivity index (χ4n) is 2.25. The van der Waals surface area contributed by atoms with E-state index in [1.54, 1.807) is 26.0 Å². The molecule has 0 bridgehead atoms. The van der Waals surface area contributed by atoms with Gasteiger partial charge in [-0.2, -0.15) is 0 Å². The first-order chi connectivity index (χ1) is 11.8. The summed E-state index contributed by atoms with van der Waals surface area (Å²) in [6, 6.07) is 7.36. The number of rotatable bonds is 6. The first-order valence-corrected chi connectivity index (χ1v) is 7.44. The summed E-state index contributed by atoms with van der Waals surface area (Å²) in [6.45, 7) is 3.25. The topological polar surface area (TPSA) is 93.5 Å². The van der Waals surface area contributed by atoms with Crippen LogP contribution >= 0.6 is 0 Å². The van der Waals surface area contributed by atoms with Crippen LogP contribution in [0.5, 0.6) is 5.75 Å². The molecule has 0 saturated heterocycles. The lowest BCUT2D eigenvalue weighted by Gasteiger charge is -2.12. The number of hydrogen-bond donors (Lipinski definition) is 2. The zero-order chi connectivity index (χ0) is 18.6. The summed E-state index contributed by atoms with van der Waals surface area (Å²) in [7, 11) is 1.31. The maximum Gasteiger partial charge on any atom is 0.311 e. The molecule has 0 unspecified atom stereocenters. The maximum atomic E-state index is 13.7. The molecule has 1 amide bonds. The molecule has 0 aromatic heterocycles. The Hall–Kier alpha value is -3.16. The summed E-state index contributed by atoms with van der Waals surface area (Å²) in [5.41, 5.74) is 1.72. The van der Waals surface area contributed by atoms with Gasteiger partial charge in [0, 0.05) is 17.8 Å². The molecule has 8 heteroatoms. The predicted octanol–water partition coefficient (Wildman–Crippen LogP) is 3.41. The molecule has 0 aliphatic rings. The molecule has 0 fully saturated rings. The van der Waals surface area contributed by atoms with Crippen molar-refractivity contribution in [1.29, 1.82) is 0 Å². The molecule has 0 saturated carbocycles. The van der Waals surface area contributed by atoms with E-state index >= 15 is 0 Å². The molecule has 0 aliphatic carbocycles. The van der Waals surface area contributed by atoms with Gasteiger partial charge in [0.25, 0.3) is 0 Å². The van der Waals surface area contributed by atoms with E-state index in [-0.39, 0.29) is 23.7 Å². The van der Waals surface area contributed by atoms with Gasteiger partial charge in [-0.25, -0.2) is 4.39 Å². The van der Waals surface area contributed by atoms with Gasteiger partial charge in [-0.1, -0.05) is 6.07 Å². The van der Waals surface area contributed by atoms with Crippen LogP contribution in [0, 0.1) is 29.8 Å². The number of carbonyl (C=O) groups excluding carboxylic acids is 1. The highest BCUT2D eigenvalue weighted by atomic mass is 19.1. The van der Waals surface area contributed by atoms with Crippen LogP contribution < -0.4 is 15.4 Å². The third-order valence-corrected chi connectivity index (χ3v) is 3.56. The second-order valence-corrected chi connectivity index (χ2v) is 5.48. The minimum atomic E-state index is -0.556. The number of nitro groups is 1. The average Bonchev–Trinajstić information content (AvgIpc) is 2.55. The molecule has 0 heterocycles. The molecule has 0 radical (unpaired) electrons. The SMILES string of the molecule is COc1cc(NC(=O)CNc2ccc(C)cc2F)c(C)cc1[N+](=O)[O-]. The van der Waals surface area contributed by atoms with E-state index in [2.05, 4.69) is 10.6 Å². The minimum Gasteiger partial charge on any atom is -0.490 e. The third kappa shape index (κ3) is 4.43. The summed E-state index contributed by atoms with van der Waals surface area (Å²) in [5, 5.41) is 16.3. The Morgan fingerprint density at radius 1 is 1.24 bits per heavy atom. The number of nitro benzene ring substituents is 1. The van der Waals surface area contributed by atoms with E-state index < -0.39 is 16.6 Å². The monoisotopic (exact) mass is 347 g/mol. The van der Waals surface area contributed by atoms with Crippen molar-refractivity contribution < 1.29 is 18.8 Å². The third-order valence-electron chi connectivity index (χ3n) is 3.56. The van der Waals surface area contributed by atoms with Gasteiger partial charge in [0.05, 0.1) is 24.3 Å². The Morgan fingerprint density at radius 3 is 2.56 bits per heavy atom. The molecule has 2 aromatic rings. The highest BCUT2D eigenvalue weighted by molar-refractivity contribution is 5.95. The minimum absolute atomic E-state index is 0.0449. The summed E-state index contributed by atoms with van der Waals surface area (Å²) >= 11 is 0. The van der Waals surface area contributed by atoms with Crippen LogP contribution in [-0.2, 0) is 4.79 Å². The Balaban J connectivity index is 2.08. The van der Waals surface area contributed by atoms with Crippen molar-refractivity contribution in [2.24, 2.45) is 0 Å². The number of carbonyl (C=O) groups is 1. The highest BCUT2D eigenvalue weighted by Crippen LogP contribution is 2.32. The summed E-state index contributed by atoms with van der Waals surface area (Å²) in [5.74, 6) is -0.816. The molecule has 25 heavy (non-hydrogen) atoms. The van der Waals surface area contributed by atoms with Crippen LogP contribution in [0.15, 0.2) is 30.3 Å². The molecule has 0 aliphatic heterocycles. The van der Waals surface area contributed by atoms with Crippen molar-refractivity contribution in [2.75, 3.05) is 24.3 Å². The number of hydrogen-bond acceptors (Lipinski definition) is 5. The molecule has 132 valence electrons. The van der Waals surface area contributed by atoms with Gasteiger partial charge in [-0.3, -0.25) is 14.9 Å². The highest BCUT2D eigenvalue weighted by Gasteiger charge is 2.18. The van der Waals surface area contributed by atoms with Crippen LogP contribution in [0.25, 0.3) is 0 Å². The van der Waals surface area contributed by atoms with E-state index in [0.717, 1.165) is 5.56 Å². The van der Waals surface area contributed by atoms with Crippen LogP contribution in [0.4, 0.5) is 21.5 Å². The summed E-state index contributed by atoms with van der Waals surface area (Å²) in [6.07, 6.45) is 0. The normalized spacial score (nSPS) is 10.2. The average molecular weight is 347 g/mol. The first kappa shape index (κ1) is 18.2. The lowest BCUT2D eigenvalue weighted by atomic mass is 10.1. The second kappa shape index (κ2) is 7.61. The number of benzene rings is 2. The zero-order valence-corrected chi connectivity index (χ0v) is 14.1. The van der Waals surface area contributed by atoms with E-state index in [4.69, 9.17) is 4.74 Å². The lowest BCUT2D eigenvalue weighted by Crippen LogP contribution is -2.22. The predicted molar refractivity (Wildman–Crippen MR) is 92.6 cm³/mol. The van der Waals surface area contributed by atoms with Gasteiger partial charge >= 0.3 is 5.69 Å². The zero-order valence-electron chi connectivity index (χ0n) is 14.1. The molecule has 7 nitrogen and oxygen atoms in total. The van der Waals surface area contributed by atoms with Crippen LogP contribution in [0.2, 0.25) is 0 Å². The number of anilines is 2. The summed E-state index contributed by atoms with van der Waals surface area (Å²) < 4.78 is 18.7. The number of amides is 1. The molecule has 0 spiro atoms. The number of aryl methyl sites for hydroxylation is 2. The molecule has 2 N–H and O–H groups in total. The molecular formula is C17H18FN3O4. The number of methoxy groups -OCH3 is 1. The fourth-order valence-corrected chi connectivity index (χ4v) is 2.25. The molecule has 2 aromatic carbocycles. The standard InChI is InChI=1S/C17H18FN3O4/c1-10-4-5-13(12(18)6-10)19-9-17(22)20-14-8-16(25-3)15(21(23)24)7-11(14)2/h4-8,19H,9H2,1-3H3,(H,20,22). The Labute approximate surface area is 144 Å². The second-order valence-electron chi connectivity index (χ2n) is 5.48. The number of nitrogens with zero attached hydrogens (tertiary/aromatic N) is 1. The smallest absolute Gasteiger partial charge is 0.311 e. The van der Waals surface area contributed by atoms with Gasteiger partial charge in [-0.05, 0) is 37.1 Å². The first-order valence-electron chi connectivity index (χ1n) is 7.44. The largest absolute Gasteiger partial charge is 0.490 e. The van der Waals surface area contributed by atoms with Crippen molar-refractivity contribution in [3.63, 3.8) is 0 Å². The van der Waals surface area contributed by atoms with Crippen molar-refractivity contribution in [1.82, 2.24) is 0 Å². The quantitative estimate of drug-likeness (QED) is 0.617.